The Balaban J connectivity index is 1.39. The van der Waals surface area contributed by atoms with E-state index in [4.69, 9.17) is 4.74 Å². The van der Waals surface area contributed by atoms with Crippen LogP contribution in [-0.4, -0.2) is 46.6 Å². The Morgan fingerprint density at radius 2 is 1.94 bits per heavy atom. The smallest absolute Gasteiger partial charge is 0.407 e. The molecule has 0 spiro atoms. The monoisotopic (exact) mass is 467 g/mol. The first-order valence-corrected chi connectivity index (χ1v) is 11.3. The molecule has 11 heteroatoms. The summed E-state index contributed by atoms with van der Waals surface area (Å²) in [5, 5.41) is 2.92. The molecule has 4 aromatic heterocycles. The maximum Gasteiger partial charge on any atom is 0.407 e. The van der Waals surface area contributed by atoms with E-state index in [1.165, 1.54) is 12.3 Å². The van der Waals surface area contributed by atoms with E-state index < -0.39 is 17.5 Å². The van der Waals surface area contributed by atoms with Crippen LogP contribution < -0.4 is 11.0 Å². The molecule has 1 amide bonds. The van der Waals surface area contributed by atoms with Crippen LogP contribution in [0.15, 0.2) is 35.5 Å². The van der Waals surface area contributed by atoms with Gasteiger partial charge in [-0.25, -0.2) is 28.9 Å². The first kappa shape index (κ1) is 22.1. The molecule has 1 aliphatic rings. The lowest BCUT2D eigenvalue weighted by Crippen LogP contribution is -2.41. The highest BCUT2D eigenvalue weighted by molar-refractivity contribution is 5.73. The van der Waals surface area contributed by atoms with Gasteiger partial charge in [0.15, 0.2) is 11.5 Å². The fraction of sp³-hybridized carbons (Fsp3) is 0.435. The summed E-state index contributed by atoms with van der Waals surface area (Å²) in [5.74, 6) is -0.0539. The van der Waals surface area contributed by atoms with Gasteiger partial charge in [0.25, 0.3) is 0 Å². The molecule has 0 aliphatic heterocycles. The minimum atomic E-state index is -0.553. The van der Waals surface area contributed by atoms with Crippen LogP contribution in [0.5, 0.6) is 0 Å². The molecule has 0 atom stereocenters. The van der Waals surface area contributed by atoms with E-state index in [1.54, 1.807) is 27.4 Å². The molecule has 5 rings (SSSR count). The Morgan fingerprint density at radius 3 is 2.68 bits per heavy atom. The van der Waals surface area contributed by atoms with Crippen molar-refractivity contribution in [2.75, 3.05) is 0 Å². The third kappa shape index (κ3) is 4.25. The summed E-state index contributed by atoms with van der Waals surface area (Å²) in [6.07, 6.45) is 6.88. The number of aromatic nitrogens is 6. The predicted molar refractivity (Wildman–Crippen MR) is 123 cm³/mol. The van der Waals surface area contributed by atoms with Crippen LogP contribution in [0.1, 0.15) is 52.5 Å². The van der Waals surface area contributed by atoms with Gasteiger partial charge >= 0.3 is 11.8 Å². The number of amides is 1. The van der Waals surface area contributed by atoms with Crippen molar-refractivity contribution in [1.29, 1.82) is 0 Å². The van der Waals surface area contributed by atoms with Crippen LogP contribution in [0.25, 0.3) is 28.3 Å². The first-order chi connectivity index (χ1) is 16.2. The number of H-pyrrole nitrogens is 1. The zero-order valence-electron chi connectivity index (χ0n) is 19.2. The molecule has 178 valence electrons. The van der Waals surface area contributed by atoms with Gasteiger partial charge in [0.2, 0.25) is 0 Å². The van der Waals surface area contributed by atoms with Crippen LogP contribution >= 0.6 is 0 Å². The summed E-state index contributed by atoms with van der Waals surface area (Å²) in [7, 11) is 0. The van der Waals surface area contributed by atoms with Gasteiger partial charge in [-0.2, -0.15) is 0 Å². The number of nitrogens with zero attached hydrogens (tertiary/aromatic N) is 5. The molecule has 1 fully saturated rings. The van der Waals surface area contributed by atoms with E-state index in [9.17, 15) is 14.0 Å². The maximum absolute atomic E-state index is 13.8. The highest BCUT2D eigenvalue weighted by Gasteiger charge is 2.28. The summed E-state index contributed by atoms with van der Waals surface area (Å²) in [5.41, 5.74) is 1.31. The predicted octanol–water partition coefficient (Wildman–Crippen LogP) is 3.58. The number of imidazole rings is 2. The Hall–Kier alpha value is -3.76. The van der Waals surface area contributed by atoms with E-state index in [1.807, 2.05) is 20.8 Å². The average Bonchev–Trinajstić information content (AvgIpc) is 3.32. The van der Waals surface area contributed by atoms with Gasteiger partial charge in [-0.3, -0.25) is 8.97 Å². The number of ether oxygens (including phenoxy) is 1. The molecule has 0 unspecified atom stereocenters. The maximum atomic E-state index is 13.8. The first-order valence-electron chi connectivity index (χ1n) is 11.3. The zero-order valence-corrected chi connectivity index (χ0v) is 19.2. The number of rotatable bonds is 3. The highest BCUT2D eigenvalue weighted by Crippen LogP contribution is 2.30. The van der Waals surface area contributed by atoms with Crippen LogP contribution in [0.3, 0.4) is 0 Å². The molecular weight excluding hydrogens is 441 g/mol. The van der Waals surface area contributed by atoms with Crippen molar-refractivity contribution >= 4 is 22.9 Å². The van der Waals surface area contributed by atoms with E-state index in [0.29, 0.717) is 54.0 Å². The van der Waals surface area contributed by atoms with Crippen LogP contribution in [0.2, 0.25) is 0 Å². The van der Waals surface area contributed by atoms with Crippen LogP contribution in [0.4, 0.5) is 9.18 Å². The van der Waals surface area contributed by atoms with Crippen molar-refractivity contribution in [3.63, 3.8) is 0 Å². The molecule has 0 radical (unpaired) electrons. The number of alkyl carbamates (subject to hydrolysis) is 1. The summed E-state index contributed by atoms with van der Waals surface area (Å²) in [6, 6.07) is 2.84. The number of carbonyl (C=O) groups excluding carboxylic acids is 1. The Morgan fingerprint density at radius 1 is 1.18 bits per heavy atom. The third-order valence-electron chi connectivity index (χ3n) is 5.94. The quantitative estimate of drug-likeness (QED) is 0.475. The van der Waals surface area contributed by atoms with E-state index in [-0.39, 0.29) is 17.8 Å². The molecule has 0 saturated heterocycles. The normalized spacial score (nSPS) is 18.9. The molecule has 4 heterocycles. The molecule has 34 heavy (non-hydrogen) atoms. The molecule has 4 aromatic rings. The summed E-state index contributed by atoms with van der Waals surface area (Å²) in [6.45, 7) is 5.48. The lowest BCUT2D eigenvalue weighted by molar-refractivity contribution is 0.0488. The highest BCUT2D eigenvalue weighted by atomic mass is 19.1. The van der Waals surface area contributed by atoms with Gasteiger partial charge in [0.1, 0.15) is 28.3 Å². The fourth-order valence-electron chi connectivity index (χ4n) is 4.45. The standard InChI is InChI=1S/C23H26FN7O3/c1-23(2,3)34-22(33)27-14-5-7-15(8-6-14)31-20-16(28-21(31)32)10-26-19(29-20)17-11-25-18-9-4-13(24)12-30(17)18/h4,9-12,14-15H,5-8H2,1-3H3,(H,27,33)(H,28,32)/t14-,15-. The minimum Gasteiger partial charge on any atom is -0.444 e. The van der Waals surface area contributed by atoms with Crippen molar-refractivity contribution in [2.45, 2.75) is 64.1 Å². The number of carbonyl (C=O) groups is 1. The van der Waals surface area contributed by atoms with Gasteiger partial charge in [0, 0.05) is 18.3 Å². The molecule has 1 aliphatic carbocycles. The van der Waals surface area contributed by atoms with Crippen molar-refractivity contribution in [2.24, 2.45) is 0 Å². The van der Waals surface area contributed by atoms with Gasteiger partial charge in [-0.15, -0.1) is 0 Å². The van der Waals surface area contributed by atoms with Crippen molar-refractivity contribution in [1.82, 2.24) is 34.2 Å². The third-order valence-corrected chi connectivity index (χ3v) is 5.94. The van der Waals surface area contributed by atoms with Gasteiger partial charge in [-0.05, 0) is 58.6 Å². The van der Waals surface area contributed by atoms with Crippen molar-refractivity contribution in [3.05, 3.63) is 47.0 Å². The SMILES string of the molecule is CC(C)(C)OC(=O)N[C@H]1CC[C@H](n2c(=O)[nH]c3cnc(-c4cnc5ccc(F)cn45)nc32)CC1. The molecular formula is C23H26FN7O3. The number of aromatic amines is 1. The lowest BCUT2D eigenvalue weighted by atomic mass is 9.91. The Kier molecular flexibility index (Phi) is 5.34. The summed E-state index contributed by atoms with van der Waals surface area (Å²) < 4.78 is 22.4. The number of fused-ring (bicyclic) bond motifs is 2. The Labute approximate surface area is 194 Å². The molecule has 0 aromatic carbocycles. The molecule has 10 nitrogen and oxygen atoms in total. The van der Waals surface area contributed by atoms with Crippen LogP contribution in [0, 0.1) is 5.82 Å². The molecule has 2 N–H and O–H groups in total. The number of hydrogen-bond donors (Lipinski definition) is 2. The fourth-order valence-corrected chi connectivity index (χ4v) is 4.45. The number of nitrogens with one attached hydrogen (secondary N) is 2. The van der Waals surface area contributed by atoms with Gasteiger partial charge < -0.3 is 15.0 Å². The average molecular weight is 468 g/mol. The van der Waals surface area contributed by atoms with E-state index in [2.05, 4.69) is 25.3 Å². The lowest BCUT2D eigenvalue weighted by Gasteiger charge is -2.30. The van der Waals surface area contributed by atoms with Crippen molar-refractivity contribution in [3.8, 4) is 11.5 Å². The van der Waals surface area contributed by atoms with Gasteiger partial charge in [-0.1, -0.05) is 0 Å². The molecule has 0 bridgehead atoms. The van der Waals surface area contributed by atoms with Crippen LogP contribution in [-0.2, 0) is 4.74 Å². The number of pyridine rings is 1. The number of hydrogen-bond acceptors (Lipinski definition) is 6. The molecule has 1 saturated carbocycles. The van der Waals surface area contributed by atoms with Crippen molar-refractivity contribution < 1.29 is 13.9 Å². The van der Waals surface area contributed by atoms with Gasteiger partial charge in [0.05, 0.1) is 12.4 Å². The summed E-state index contributed by atoms with van der Waals surface area (Å²) >= 11 is 0. The van der Waals surface area contributed by atoms with E-state index in [0.717, 1.165) is 0 Å². The second-order valence-corrected chi connectivity index (χ2v) is 9.60. The van der Waals surface area contributed by atoms with E-state index >= 15 is 0 Å². The second-order valence-electron chi connectivity index (χ2n) is 9.60. The zero-order chi connectivity index (χ0) is 24.0. The topological polar surface area (TPSA) is 119 Å². The number of halogens is 1. The summed E-state index contributed by atoms with van der Waals surface area (Å²) in [4.78, 5) is 41.0. The second kappa shape index (κ2) is 8.23. The minimum absolute atomic E-state index is 0.00903. The largest absolute Gasteiger partial charge is 0.444 e. The Bertz CT molecular complexity index is 1420.